The van der Waals surface area contributed by atoms with Crippen molar-refractivity contribution in [3.05, 3.63) is 17.5 Å². The van der Waals surface area contributed by atoms with Gasteiger partial charge in [0.2, 0.25) is 5.95 Å². The normalized spacial score (nSPS) is 10.2. The highest BCUT2D eigenvalue weighted by Gasteiger charge is 2.01. The largest absolute Gasteiger partial charge is 0.354 e. The minimum atomic E-state index is 0.416. The summed E-state index contributed by atoms with van der Waals surface area (Å²) in [4.78, 5) is 8.31. The number of hydrogen-bond acceptors (Lipinski definition) is 4. The average Bonchev–Trinajstić information content (AvgIpc) is 2.23. The van der Waals surface area contributed by atoms with E-state index in [4.69, 9.17) is 5.26 Å². The highest BCUT2D eigenvalue weighted by Crippen LogP contribution is 2.06. The summed E-state index contributed by atoms with van der Waals surface area (Å²) in [5.41, 5.74) is 1.23. The Kier molecular flexibility index (Phi) is 4.71. The van der Waals surface area contributed by atoms with Crippen LogP contribution in [0.3, 0.4) is 0 Å². The van der Waals surface area contributed by atoms with Crippen LogP contribution in [0.5, 0.6) is 0 Å². The van der Waals surface area contributed by atoms with E-state index in [1.807, 2.05) is 13.0 Å². The molecule has 0 unspecified atom stereocenters. The van der Waals surface area contributed by atoms with Gasteiger partial charge in [0.05, 0.1) is 0 Å². The molecular formula is C12H18N4. The summed E-state index contributed by atoms with van der Waals surface area (Å²) in [5, 5.41) is 11.9. The predicted molar refractivity (Wildman–Crippen MR) is 64.0 cm³/mol. The third-order valence-corrected chi connectivity index (χ3v) is 2.21. The van der Waals surface area contributed by atoms with Gasteiger partial charge in [-0.1, -0.05) is 13.8 Å². The first kappa shape index (κ1) is 12.4. The summed E-state index contributed by atoms with van der Waals surface area (Å²) in [5.74, 6) is 1.27. The molecule has 0 aliphatic carbocycles. The summed E-state index contributed by atoms with van der Waals surface area (Å²) in [6.45, 7) is 7.13. The summed E-state index contributed by atoms with van der Waals surface area (Å²) in [6.07, 6.45) is 2.28. The lowest BCUT2D eigenvalue weighted by Gasteiger charge is -2.07. The fourth-order valence-corrected chi connectivity index (χ4v) is 1.42. The molecule has 1 N–H and O–H groups in total. The van der Waals surface area contributed by atoms with Gasteiger partial charge in [-0.05, 0) is 31.7 Å². The van der Waals surface area contributed by atoms with Crippen LogP contribution in [0.15, 0.2) is 6.07 Å². The van der Waals surface area contributed by atoms with Crippen molar-refractivity contribution in [1.29, 1.82) is 5.26 Å². The molecule has 1 heterocycles. The van der Waals surface area contributed by atoms with Crippen molar-refractivity contribution in [3.63, 3.8) is 0 Å². The van der Waals surface area contributed by atoms with E-state index in [2.05, 4.69) is 29.1 Å². The van der Waals surface area contributed by atoms with Gasteiger partial charge in [-0.2, -0.15) is 5.26 Å². The second kappa shape index (κ2) is 6.06. The molecule has 1 rings (SSSR count). The number of hydrogen-bond donors (Lipinski definition) is 1. The highest BCUT2D eigenvalue weighted by molar-refractivity contribution is 5.32. The zero-order valence-corrected chi connectivity index (χ0v) is 10.1. The van der Waals surface area contributed by atoms with E-state index in [1.165, 1.54) is 6.42 Å². The van der Waals surface area contributed by atoms with Crippen LogP contribution >= 0.6 is 0 Å². The number of nitrogens with zero attached hydrogens (tertiary/aromatic N) is 3. The Morgan fingerprint density at radius 1 is 1.44 bits per heavy atom. The number of aromatic nitrogens is 2. The van der Waals surface area contributed by atoms with E-state index in [0.717, 1.165) is 24.6 Å². The van der Waals surface area contributed by atoms with Gasteiger partial charge in [0.25, 0.3) is 0 Å². The monoisotopic (exact) mass is 218 g/mol. The fourth-order valence-electron chi connectivity index (χ4n) is 1.42. The molecule has 0 fully saturated rings. The van der Waals surface area contributed by atoms with Crippen molar-refractivity contribution in [2.75, 3.05) is 11.9 Å². The van der Waals surface area contributed by atoms with E-state index < -0.39 is 0 Å². The molecule has 4 heteroatoms. The summed E-state index contributed by atoms with van der Waals surface area (Å²) >= 11 is 0. The van der Waals surface area contributed by atoms with Gasteiger partial charge in [0.15, 0.2) is 0 Å². The van der Waals surface area contributed by atoms with Crippen molar-refractivity contribution in [1.82, 2.24) is 9.97 Å². The van der Waals surface area contributed by atoms with Crippen LogP contribution in [0.25, 0.3) is 0 Å². The van der Waals surface area contributed by atoms with Crippen molar-refractivity contribution in [2.45, 2.75) is 33.6 Å². The van der Waals surface area contributed by atoms with Gasteiger partial charge < -0.3 is 5.32 Å². The van der Waals surface area contributed by atoms with Crippen LogP contribution in [0.4, 0.5) is 5.95 Å². The van der Waals surface area contributed by atoms with E-state index in [1.54, 1.807) is 6.07 Å². The number of nitriles is 1. The average molecular weight is 218 g/mol. The molecule has 0 radical (unpaired) electrons. The second-order valence-electron chi connectivity index (χ2n) is 4.29. The van der Waals surface area contributed by atoms with E-state index in [9.17, 15) is 0 Å². The maximum Gasteiger partial charge on any atom is 0.224 e. The van der Waals surface area contributed by atoms with Gasteiger partial charge in [0, 0.05) is 12.2 Å². The van der Waals surface area contributed by atoms with Gasteiger partial charge in [-0.25, -0.2) is 9.97 Å². The molecule has 0 aromatic carbocycles. The zero-order valence-electron chi connectivity index (χ0n) is 10.1. The zero-order chi connectivity index (χ0) is 12.0. The topological polar surface area (TPSA) is 61.6 Å². The summed E-state index contributed by atoms with van der Waals surface area (Å²) in [6, 6.07) is 3.71. The SMILES string of the molecule is Cc1cc(C#N)nc(NCCCC(C)C)n1. The molecule has 0 spiro atoms. The van der Waals surface area contributed by atoms with Crippen LogP contribution in [0.2, 0.25) is 0 Å². The third-order valence-electron chi connectivity index (χ3n) is 2.21. The molecule has 0 saturated carbocycles. The Bertz CT molecular complexity index is 379. The van der Waals surface area contributed by atoms with E-state index in [-0.39, 0.29) is 0 Å². The molecule has 0 aliphatic rings. The Hall–Kier alpha value is -1.63. The lowest BCUT2D eigenvalue weighted by Crippen LogP contribution is -2.07. The summed E-state index contributed by atoms with van der Waals surface area (Å²) < 4.78 is 0. The summed E-state index contributed by atoms with van der Waals surface area (Å²) in [7, 11) is 0. The predicted octanol–water partition coefficient (Wildman–Crippen LogP) is 2.50. The maximum absolute atomic E-state index is 8.76. The fraction of sp³-hybridized carbons (Fsp3) is 0.583. The van der Waals surface area contributed by atoms with Crippen LogP contribution in [-0.4, -0.2) is 16.5 Å². The molecule has 0 aliphatic heterocycles. The molecule has 0 amide bonds. The molecular weight excluding hydrogens is 200 g/mol. The molecule has 0 atom stereocenters. The van der Waals surface area contributed by atoms with Gasteiger partial charge in [0.1, 0.15) is 11.8 Å². The number of anilines is 1. The van der Waals surface area contributed by atoms with Gasteiger partial charge >= 0.3 is 0 Å². The first-order valence-corrected chi connectivity index (χ1v) is 5.61. The van der Waals surface area contributed by atoms with Crippen LogP contribution in [-0.2, 0) is 0 Å². The van der Waals surface area contributed by atoms with Crippen LogP contribution in [0, 0.1) is 24.2 Å². The molecule has 0 bridgehead atoms. The second-order valence-corrected chi connectivity index (χ2v) is 4.29. The molecule has 1 aromatic rings. The van der Waals surface area contributed by atoms with E-state index in [0.29, 0.717) is 11.6 Å². The Morgan fingerprint density at radius 3 is 2.81 bits per heavy atom. The molecule has 4 nitrogen and oxygen atoms in total. The Balaban J connectivity index is 2.48. The minimum Gasteiger partial charge on any atom is -0.354 e. The Labute approximate surface area is 96.7 Å². The van der Waals surface area contributed by atoms with Crippen molar-refractivity contribution in [3.8, 4) is 6.07 Å². The quantitative estimate of drug-likeness (QED) is 0.771. The Morgan fingerprint density at radius 2 is 2.19 bits per heavy atom. The minimum absolute atomic E-state index is 0.416. The van der Waals surface area contributed by atoms with Crippen molar-refractivity contribution >= 4 is 5.95 Å². The first-order valence-electron chi connectivity index (χ1n) is 5.61. The maximum atomic E-state index is 8.76. The van der Waals surface area contributed by atoms with Crippen LogP contribution < -0.4 is 5.32 Å². The van der Waals surface area contributed by atoms with Crippen LogP contribution in [0.1, 0.15) is 38.1 Å². The first-order chi connectivity index (χ1) is 7.61. The highest BCUT2D eigenvalue weighted by atomic mass is 15.1. The van der Waals surface area contributed by atoms with Gasteiger partial charge in [-0.3, -0.25) is 0 Å². The molecule has 1 aromatic heterocycles. The molecule has 16 heavy (non-hydrogen) atoms. The standard InChI is InChI=1S/C12H18N4/c1-9(2)5-4-6-14-12-15-10(3)7-11(8-13)16-12/h7,9H,4-6H2,1-3H3,(H,14,15,16). The number of aryl methyl sites for hydroxylation is 1. The van der Waals surface area contributed by atoms with Gasteiger partial charge in [-0.15, -0.1) is 0 Å². The lowest BCUT2D eigenvalue weighted by molar-refractivity contribution is 0.566. The smallest absolute Gasteiger partial charge is 0.224 e. The molecule has 86 valence electrons. The number of nitrogens with one attached hydrogen (secondary N) is 1. The van der Waals surface area contributed by atoms with Crippen molar-refractivity contribution in [2.24, 2.45) is 5.92 Å². The third kappa shape index (κ3) is 4.26. The van der Waals surface area contributed by atoms with E-state index >= 15 is 0 Å². The number of rotatable bonds is 5. The van der Waals surface area contributed by atoms with Crippen molar-refractivity contribution < 1.29 is 0 Å². The molecule has 0 saturated heterocycles. The lowest BCUT2D eigenvalue weighted by atomic mass is 10.1.